The Morgan fingerprint density at radius 1 is 1.03 bits per heavy atom. The number of hydrogen-bond donors (Lipinski definition) is 2. The molecule has 1 aliphatic rings. The summed E-state index contributed by atoms with van der Waals surface area (Å²) in [5.41, 5.74) is 1.10. The molecule has 0 radical (unpaired) electrons. The molecule has 2 rings (SSSR count). The summed E-state index contributed by atoms with van der Waals surface area (Å²) in [7, 11) is 2.16. The molecule has 0 unspecified atom stereocenters. The summed E-state index contributed by atoms with van der Waals surface area (Å²) in [4.78, 5) is 14.0. The number of nitrogens with zero attached hydrogens (tertiary/aromatic N) is 4. The number of likely N-dealkylation sites (N-methyl/N-ethyl adjacent to an activating group) is 1. The number of aromatic nitrogens is 1. The number of hydrogen-bond acceptors (Lipinski definition) is 6. The summed E-state index contributed by atoms with van der Waals surface area (Å²) in [6.45, 7) is 13.3. The summed E-state index contributed by atoms with van der Waals surface area (Å²) in [5, 5.41) is 6.58. The highest BCUT2D eigenvalue weighted by atomic mass is 127. The van der Waals surface area contributed by atoms with Gasteiger partial charge < -0.3 is 29.9 Å². The molecule has 1 aromatic rings. The van der Waals surface area contributed by atoms with Gasteiger partial charge in [0, 0.05) is 52.1 Å². The first-order valence-electron chi connectivity index (χ1n) is 11.3. The lowest BCUT2D eigenvalue weighted by Gasteiger charge is -2.33. The second kappa shape index (κ2) is 17.4. The third-order valence-electron chi connectivity index (χ3n) is 4.95. The quantitative estimate of drug-likeness (QED) is 0.170. The fourth-order valence-corrected chi connectivity index (χ4v) is 3.05. The predicted octanol–water partition coefficient (Wildman–Crippen LogP) is 2.34. The lowest BCUT2D eigenvalue weighted by atomic mass is 10.2. The van der Waals surface area contributed by atoms with Gasteiger partial charge in [0.2, 0.25) is 0 Å². The van der Waals surface area contributed by atoms with Crippen LogP contribution in [0.4, 0.5) is 5.82 Å². The Balaban J connectivity index is 0.00000480. The minimum Gasteiger partial charge on any atom is -0.379 e. The van der Waals surface area contributed by atoms with E-state index in [1.54, 1.807) is 0 Å². The molecule has 1 fully saturated rings. The van der Waals surface area contributed by atoms with Gasteiger partial charge in [-0.15, -0.1) is 24.0 Å². The molecule has 178 valence electrons. The average Bonchev–Trinajstić information content (AvgIpc) is 2.77. The van der Waals surface area contributed by atoms with Gasteiger partial charge in [0.05, 0.1) is 26.4 Å². The normalized spacial score (nSPS) is 14.9. The van der Waals surface area contributed by atoms with Crippen LogP contribution in [-0.4, -0.2) is 88.6 Å². The topological polar surface area (TPSA) is 74.2 Å². The number of rotatable bonds is 13. The molecule has 0 saturated carbocycles. The van der Waals surface area contributed by atoms with Crippen LogP contribution in [0, 0.1) is 0 Å². The minimum absolute atomic E-state index is 0. The first-order chi connectivity index (χ1) is 14.7. The van der Waals surface area contributed by atoms with Crippen LogP contribution in [0.25, 0.3) is 0 Å². The van der Waals surface area contributed by atoms with Crippen molar-refractivity contribution in [1.29, 1.82) is 0 Å². The van der Waals surface area contributed by atoms with Gasteiger partial charge in [-0.25, -0.2) is 9.98 Å². The first kappa shape index (κ1) is 27.9. The summed E-state index contributed by atoms with van der Waals surface area (Å²) in [5.74, 6) is 1.85. The third-order valence-corrected chi connectivity index (χ3v) is 4.95. The Kier molecular flexibility index (Phi) is 15.6. The smallest absolute Gasteiger partial charge is 0.191 e. The first-order valence-corrected chi connectivity index (χ1v) is 11.3. The Morgan fingerprint density at radius 2 is 1.77 bits per heavy atom. The molecule has 31 heavy (non-hydrogen) atoms. The molecule has 0 spiro atoms. The molecular formula is C22H41IN6O2. The van der Waals surface area contributed by atoms with Crippen molar-refractivity contribution in [3.8, 4) is 0 Å². The van der Waals surface area contributed by atoms with Crippen LogP contribution in [0.2, 0.25) is 0 Å². The van der Waals surface area contributed by atoms with Crippen LogP contribution < -0.4 is 15.5 Å². The molecule has 9 heteroatoms. The number of piperazine rings is 1. The van der Waals surface area contributed by atoms with E-state index in [-0.39, 0.29) is 24.0 Å². The highest BCUT2D eigenvalue weighted by Crippen LogP contribution is 2.14. The second-order valence-corrected chi connectivity index (χ2v) is 7.52. The minimum atomic E-state index is 0. The number of aliphatic imine (C=N–C) groups is 1. The third kappa shape index (κ3) is 11.9. The van der Waals surface area contributed by atoms with Crippen molar-refractivity contribution >= 4 is 35.8 Å². The fourth-order valence-electron chi connectivity index (χ4n) is 3.05. The van der Waals surface area contributed by atoms with E-state index >= 15 is 0 Å². The van der Waals surface area contributed by atoms with Crippen molar-refractivity contribution in [3.63, 3.8) is 0 Å². The van der Waals surface area contributed by atoms with Crippen molar-refractivity contribution in [2.75, 3.05) is 77.6 Å². The molecule has 0 amide bonds. The van der Waals surface area contributed by atoms with E-state index in [1.165, 1.54) is 0 Å². The Hall–Kier alpha value is -1.17. The van der Waals surface area contributed by atoms with Gasteiger partial charge in [0.25, 0.3) is 0 Å². The maximum atomic E-state index is 5.59. The van der Waals surface area contributed by atoms with Gasteiger partial charge in [-0.3, -0.25) is 0 Å². The van der Waals surface area contributed by atoms with E-state index < -0.39 is 0 Å². The second-order valence-electron chi connectivity index (χ2n) is 7.52. The summed E-state index contributed by atoms with van der Waals surface area (Å²) < 4.78 is 11.1. The molecule has 0 atom stereocenters. The van der Waals surface area contributed by atoms with Gasteiger partial charge in [-0.1, -0.05) is 19.4 Å². The SMILES string of the molecule is CCCCOCCOCCNC(=NCc1ccc(N2CCN(C)CC2)nc1)NCC.I. The summed E-state index contributed by atoms with van der Waals surface area (Å²) in [6, 6.07) is 4.22. The molecule has 0 bridgehead atoms. The Labute approximate surface area is 205 Å². The molecule has 2 heterocycles. The van der Waals surface area contributed by atoms with Crippen molar-refractivity contribution in [2.45, 2.75) is 33.2 Å². The molecule has 8 nitrogen and oxygen atoms in total. The number of pyridine rings is 1. The fraction of sp³-hybridized carbons (Fsp3) is 0.727. The number of unbranched alkanes of at least 4 members (excludes halogenated alkanes) is 1. The maximum Gasteiger partial charge on any atom is 0.191 e. The van der Waals surface area contributed by atoms with Crippen molar-refractivity contribution in [3.05, 3.63) is 23.9 Å². The molecule has 2 N–H and O–H groups in total. The molecule has 1 aromatic heterocycles. The predicted molar refractivity (Wildman–Crippen MR) is 139 cm³/mol. The van der Waals surface area contributed by atoms with Gasteiger partial charge in [-0.2, -0.15) is 0 Å². The lowest BCUT2D eigenvalue weighted by Crippen LogP contribution is -2.44. The van der Waals surface area contributed by atoms with Crippen LogP contribution in [0.15, 0.2) is 23.3 Å². The molecular weight excluding hydrogens is 507 g/mol. The van der Waals surface area contributed by atoms with Gasteiger partial charge >= 0.3 is 0 Å². The highest BCUT2D eigenvalue weighted by Gasteiger charge is 2.14. The Morgan fingerprint density at radius 3 is 2.42 bits per heavy atom. The Bertz CT molecular complexity index is 594. The number of anilines is 1. The highest BCUT2D eigenvalue weighted by molar-refractivity contribution is 14.0. The zero-order chi connectivity index (χ0) is 21.4. The molecule has 1 aliphatic heterocycles. The number of ether oxygens (including phenoxy) is 2. The zero-order valence-corrected chi connectivity index (χ0v) is 21.8. The van der Waals surface area contributed by atoms with Gasteiger partial charge in [0.15, 0.2) is 5.96 Å². The summed E-state index contributed by atoms with van der Waals surface area (Å²) in [6.07, 6.45) is 4.20. The number of halogens is 1. The number of guanidine groups is 1. The van der Waals surface area contributed by atoms with E-state index in [0.29, 0.717) is 32.9 Å². The van der Waals surface area contributed by atoms with Crippen LogP contribution in [-0.2, 0) is 16.0 Å². The van der Waals surface area contributed by atoms with E-state index in [1.807, 2.05) is 6.20 Å². The summed E-state index contributed by atoms with van der Waals surface area (Å²) >= 11 is 0. The van der Waals surface area contributed by atoms with Gasteiger partial charge in [-0.05, 0) is 32.0 Å². The lowest BCUT2D eigenvalue weighted by molar-refractivity contribution is 0.0487. The van der Waals surface area contributed by atoms with Crippen molar-refractivity contribution < 1.29 is 9.47 Å². The van der Waals surface area contributed by atoms with Crippen LogP contribution >= 0.6 is 24.0 Å². The largest absolute Gasteiger partial charge is 0.379 e. The molecule has 0 aromatic carbocycles. The zero-order valence-electron chi connectivity index (χ0n) is 19.4. The maximum absolute atomic E-state index is 5.59. The van der Waals surface area contributed by atoms with Crippen molar-refractivity contribution in [1.82, 2.24) is 20.5 Å². The van der Waals surface area contributed by atoms with Crippen LogP contribution in [0.5, 0.6) is 0 Å². The van der Waals surface area contributed by atoms with Gasteiger partial charge in [0.1, 0.15) is 5.82 Å². The standard InChI is InChI=1S/C22H40N6O2.HI/c1-4-6-14-29-16-17-30-15-9-24-22(23-5-2)26-19-20-7-8-21(25-18-20)28-12-10-27(3)11-13-28;/h7-8,18H,4-6,9-17,19H2,1-3H3,(H2,23,24,26);1H. The van der Waals surface area contributed by atoms with E-state index in [4.69, 9.17) is 9.47 Å². The van der Waals surface area contributed by atoms with E-state index in [2.05, 4.69) is 63.4 Å². The molecule has 0 aliphatic carbocycles. The van der Waals surface area contributed by atoms with E-state index in [9.17, 15) is 0 Å². The average molecular weight is 549 g/mol. The van der Waals surface area contributed by atoms with Crippen LogP contribution in [0.3, 0.4) is 0 Å². The van der Waals surface area contributed by atoms with E-state index in [0.717, 1.165) is 69.5 Å². The molecule has 1 saturated heterocycles. The van der Waals surface area contributed by atoms with Crippen molar-refractivity contribution in [2.24, 2.45) is 4.99 Å². The number of nitrogens with one attached hydrogen (secondary N) is 2. The van der Waals surface area contributed by atoms with Crippen LogP contribution in [0.1, 0.15) is 32.3 Å². The monoisotopic (exact) mass is 548 g/mol.